The van der Waals surface area contributed by atoms with Crippen molar-refractivity contribution in [2.75, 3.05) is 13.2 Å². The summed E-state index contributed by atoms with van der Waals surface area (Å²) in [6, 6.07) is 0. The average molecular weight is 1150 g/mol. The Morgan fingerprint density at radius 2 is 0.470 bits per heavy atom. The molecule has 0 amide bonds. The fourth-order valence-corrected chi connectivity index (χ4v) is 9.77. The molecule has 6 nitrogen and oxygen atoms in total. The van der Waals surface area contributed by atoms with Crippen LogP contribution in [0.5, 0.6) is 0 Å². The Bertz CT molecular complexity index is 1700. The number of ether oxygens (including phenoxy) is 3. The average Bonchev–Trinajstić information content (AvgIpc) is 3.49. The molecule has 0 aromatic carbocycles. The third-order valence-corrected chi connectivity index (χ3v) is 15.0. The molecule has 0 spiro atoms. The third kappa shape index (κ3) is 68.5. The largest absolute Gasteiger partial charge is 0.462 e. The van der Waals surface area contributed by atoms with Crippen molar-refractivity contribution in [2.45, 2.75) is 335 Å². The molecule has 0 N–H and O–H groups in total. The van der Waals surface area contributed by atoms with E-state index in [0.29, 0.717) is 19.3 Å². The number of carbonyl (C=O) groups is 3. The molecule has 6 heteroatoms. The number of hydrogen-bond donors (Lipinski definition) is 0. The highest BCUT2D eigenvalue weighted by molar-refractivity contribution is 5.71. The molecule has 0 heterocycles. The molecular weight excluding hydrogens is 1020 g/mol. The Morgan fingerprint density at radius 1 is 0.253 bits per heavy atom. The van der Waals surface area contributed by atoms with Gasteiger partial charge in [-0.3, -0.25) is 14.4 Å². The van der Waals surface area contributed by atoms with Gasteiger partial charge in [0.15, 0.2) is 6.10 Å². The van der Waals surface area contributed by atoms with Crippen LogP contribution in [0.4, 0.5) is 0 Å². The van der Waals surface area contributed by atoms with Gasteiger partial charge in [-0.2, -0.15) is 0 Å². The number of allylic oxidation sites excluding steroid dienone is 20. The van der Waals surface area contributed by atoms with Gasteiger partial charge in [0.1, 0.15) is 13.2 Å². The summed E-state index contributed by atoms with van der Waals surface area (Å²) >= 11 is 0. The first-order chi connectivity index (χ1) is 41.0. The van der Waals surface area contributed by atoms with Gasteiger partial charge in [-0.15, -0.1) is 0 Å². The van der Waals surface area contributed by atoms with E-state index in [1.165, 1.54) is 167 Å². The summed E-state index contributed by atoms with van der Waals surface area (Å²) in [6.45, 7) is 6.51. The summed E-state index contributed by atoms with van der Waals surface area (Å²) in [4.78, 5) is 38.3. The molecule has 83 heavy (non-hydrogen) atoms. The van der Waals surface area contributed by atoms with E-state index >= 15 is 0 Å². The molecular formula is C77H130O6. The van der Waals surface area contributed by atoms with Gasteiger partial charge in [-0.25, -0.2) is 0 Å². The van der Waals surface area contributed by atoms with Crippen molar-refractivity contribution < 1.29 is 28.6 Å². The van der Waals surface area contributed by atoms with Crippen LogP contribution in [0.2, 0.25) is 0 Å². The second kappa shape index (κ2) is 70.3. The van der Waals surface area contributed by atoms with Gasteiger partial charge in [0.05, 0.1) is 0 Å². The molecule has 474 valence electrons. The molecule has 0 aromatic heterocycles. The molecule has 0 fully saturated rings. The van der Waals surface area contributed by atoms with E-state index < -0.39 is 6.10 Å². The first-order valence-electron chi connectivity index (χ1n) is 35.0. The minimum atomic E-state index is -0.796. The number of carbonyl (C=O) groups excluding carboxylic acids is 3. The highest BCUT2D eigenvalue weighted by Crippen LogP contribution is 2.17. The standard InChI is InChI=1S/C77H130O6/c1-4-7-10-13-16-19-22-24-26-28-30-32-34-35-36-37-38-39-40-41-42-43-44-46-47-49-51-53-55-58-61-64-67-70-76(79)82-73-74(72-81-75(78)69-66-63-60-57-21-18-15-12-9-6-3)83-77(80)71-68-65-62-59-56-54-52-50-48-45-33-31-29-27-25-23-20-17-14-11-8-5-2/h7,10,16,19,24,26,30,32,35-36,38-39,41-42,44,46,49,51,55,58,74H,4-6,8-9,11-15,17-18,20-23,25,27-29,31,33-34,37,40,43,45,47-48,50,52-54,56-57,59-73H2,1-3H3/b10-7-,19-16-,26-24-,32-30-,36-35-,39-38-,42-41-,46-44-,51-49-,58-55-. The summed E-state index contributed by atoms with van der Waals surface area (Å²) in [7, 11) is 0. The molecule has 0 radical (unpaired) electrons. The van der Waals surface area contributed by atoms with Crippen molar-refractivity contribution in [3.63, 3.8) is 0 Å². The van der Waals surface area contributed by atoms with Crippen molar-refractivity contribution in [2.24, 2.45) is 0 Å². The first kappa shape index (κ1) is 78.8. The maximum Gasteiger partial charge on any atom is 0.306 e. The summed E-state index contributed by atoms with van der Waals surface area (Å²) in [5.41, 5.74) is 0. The fraction of sp³-hybridized carbons (Fsp3) is 0.701. The van der Waals surface area contributed by atoms with E-state index in [2.05, 4.69) is 142 Å². The van der Waals surface area contributed by atoms with Crippen LogP contribution in [0.3, 0.4) is 0 Å². The van der Waals surface area contributed by atoms with Crippen molar-refractivity contribution >= 4 is 17.9 Å². The van der Waals surface area contributed by atoms with Gasteiger partial charge in [0.25, 0.3) is 0 Å². The highest BCUT2D eigenvalue weighted by atomic mass is 16.6. The molecule has 0 saturated heterocycles. The summed E-state index contributed by atoms with van der Waals surface area (Å²) in [5, 5.41) is 0. The first-order valence-corrected chi connectivity index (χ1v) is 35.0. The molecule has 0 saturated carbocycles. The smallest absolute Gasteiger partial charge is 0.306 e. The Balaban J connectivity index is 4.30. The quantitative estimate of drug-likeness (QED) is 0.0261. The Morgan fingerprint density at radius 3 is 0.735 bits per heavy atom. The van der Waals surface area contributed by atoms with E-state index in [1.807, 2.05) is 0 Å². The number of unbranched alkanes of at least 4 members (excludes halogenated alkanes) is 32. The van der Waals surface area contributed by atoms with Gasteiger partial charge in [-0.05, 0) is 96.3 Å². The van der Waals surface area contributed by atoms with Gasteiger partial charge in [0, 0.05) is 19.3 Å². The van der Waals surface area contributed by atoms with Crippen molar-refractivity contribution in [3.05, 3.63) is 122 Å². The molecule has 1 atom stereocenters. The highest BCUT2D eigenvalue weighted by Gasteiger charge is 2.19. The zero-order valence-electron chi connectivity index (χ0n) is 54.4. The van der Waals surface area contributed by atoms with Crippen LogP contribution < -0.4 is 0 Å². The maximum atomic E-state index is 12.9. The molecule has 0 aliphatic carbocycles. The third-order valence-electron chi connectivity index (χ3n) is 15.0. The zero-order valence-corrected chi connectivity index (χ0v) is 54.4. The lowest BCUT2D eigenvalue weighted by Crippen LogP contribution is -2.30. The van der Waals surface area contributed by atoms with Crippen molar-refractivity contribution in [3.8, 4) is 0 Å². The van der Waals surface area contributed by atoms with E-state index in [-0.39, 0.29) is 31.1 Å². The van der Waals surface area contributed by atoms with Crippen LogP contribution in [0.25, 0.3) is 0 Å². The van der Waals surface area contributed by atoms with Crippen LogP contribution in [0, 0.1) is 0 Å². The zero-order chi connectivity index (χ0) is 59.9. The number of hydrogen-bond acceptors (Lipinski definition) is 6. The van der Waals surface area contributed by atoms with E-state index in [1.54, 1.807) is 0 Å². The van der Waals surface area contributed by atoms with Gasteiger partial charge in [0.2, 0.25) is 0 Å². The SMILES string of the molecule is CC/C=C\C/C=C\C/C=C\C/C=C\C/C=C\C/C=C\C/C=C\C/C=C\C/C=C\C/C=C\CCCCC(=O)OCC(COC(=O)CCCCCCCCCCCC)OC(=O)CCCCCCCCCCCCCCCCCCCCCCCC. The van der Waals surface area contributed by atoms with Crippen LogP contribution in [0.1, 0.15) is 329 Å². The van der Waals surface area contributed by atoms with E-state index in [9.17, 15) is 14.4 Å². The molecule has 0 bridgehead atoms. The topological polar surface area (TPSA) is 78.9 Å². The van der Waals surface area contributed by atoms with Crippen LogP contribution >= 0.6 is 0 Å². The van der Waals surface area contributed by atoms with E-state index in [4.69, 9.17) is 14.2 Å². The lowest BCUT2D eigenvalue weighted by atomic mass is 10.0. The molecule has 0 aromatic rings. The number of rotatable bonds is 63. The maximum absolute atomic E-state index is 12.9. The van der Waals surface area contributed by atoms with Gasteiger partial charge in [-0.1, -0.05) is 335 Å². The summed E-state index contributed by atoms with van der Waals surface area (Å²) in [5.74, 6) is -0.925. The summed E-state index contributed by atoms with van der Waals surface area (Å²) in [6.07, 6.45) is 98.1. The minimum absolute atomic E-state index is 0.0891. The normalized spacial score (nSPS) is 12.9. The Kier molecular flexibility index (Phi) is 66.7. The lowest BCUT2D eigenvalue weighted by Gasteiger charge is -2.18. The van der Waals surface area contributed by atoms with Gasteiger partial charge >= 0.3 is 17.9 Å². The Labute approximate surface area is 513 Å². The molecule has 0 aliphatic rings. The Hall–Kier alpha value is -4.19. The van der Waals surface area contributed by atoms with Gasteiger partial charge < -0.3 is 14.2 Å². The lowest BCUT2D eigenvalue weighted by molar-refractivity contribution is -0.167. The van der Waals surface area contributed by atoms with Crippen LogP contribution in [0.15, 0.2) is 122 Å². The summed E-state index contributed by atoms with van der Waals surface area (Å²) < 4.78 is 16.9. The fourth-order valence-electron chi connectivity index (χ4n) is 9.77. The van der Waals surface area contributed by atoms with Crippen LogP contribution in [-0.2, 0) is 28.6 Å². The molecule has 0 aliphatic heterocycles. The molecule has 0 rings (SSSR count). The predicted molar refractivity (Wildman–Crippen MR) is 362 cm³/mol. The number of esters is 3. The van der Waals surface area contributed by atoms with E-state index in [0.717, 1.165) is 122 Å². The second-order valence-corrected chi connectivity index (χ2v) is 23.1. The minimum Gasteiger partial charge on any atom is -0.462 e. The van der Waals surface area contributed by atoms with Crippen LogP contribution in [-0.4, -0.2) is 37.2 Å². The second-order valence-electron chi connectivity index (χ2n) is 23.1. The monoisotopic (exact) mass is 1150 g/mol. The van der Waals surface area contributed by atoms with Crippen molar-refractivity contribution in [1.29, 1.82) is 0 Å². The van der Waals surface area contributed by atoms with Crippen molar-refractivity contribution in [1.82, 2.24) is 0 Å². The predicted octanol–water partition coefficient (Wildman–Crippen LogP) is 24.3. The molecule has 1 unspecified atom stereocenters.